The molecule has 0 aliphatic carbocycles. The molecule has 0 saturated carbocycles. The Bertz CT molecular complexity index is 587. The van der Waals surface area contributed by atoms with Gasteiger partial charge in [-0.05, 0) is 24.3 Å². The molecular formula is C14H14FNO3. The molecule has 0 unspecified atom stereocenters. The lowest BCUT2D eigenvalue weighted by Gasteiger charge is -2.14. The predicted octanol–water partition coefficient (Wildman–Crippen LogP) is 3.22. The SMILES string of the molecule is COc1cccc(Oc2cc(F)ccc2N)c1OC. The van der Waals surface area contributed by atoms with Gasteiger partial charge in [-0.15, -0.1) is 0 Å². The molecule has 2 aromatic rings. The maximum Gasteiger partial charge on any atom is 0.203 e. The number of nitrogens with two attached hydrogens (primary N) is 1. The van der Waals surface area contributed by atoms with Crippen molar-refractivity contribution in [2.75, 3.05) is 20.0 Å². The highest BCUT2D eigenvalue weighted by molar-refractivity contribution is 5.57. The van der Waals surface area contributed by atoms with Crippen LogP contribution in [-0.2, 0) is 0 Å². The van der Waals surface area contributed by atoms with Gasteiger partial charge in [-0.25, -0.2) is 4.39 Å². The Morgan fingerprint density at radius 1 is 0.947 bits per heavy atom. The van der Waals surface area contributed by atoms with Gasteiger partial charge in [0.05, 0.1) is 19.9 Å². The fraction of sp³-hybridized carbons (Fsp3) is 0.143. The summed E-state index contributed by atoms with van der Waals surface area (Å²) in [4.78, 5) is 0. The Hall–Kier alpha value is -2.43. The smallest absolute Gasteiger partial charge is 0.203 e. The first-order chi connectivity index (χ1) is 9.15. The van der Waals surface area contributed by atoms with Crippen LogP contribution >= 0.6 is 0 Å². The largest absolute Gasteiger partial charge is 0.493 e. The number of rotatable bonds is 4. The number of ether oxygens (including phenoxy) is 3. The van der Waals surface area contributed by atoms with E-state index in [1.807, 2.05) is 0 Å². The molecule has 0 fully saturated rings. The van der Waals surface area contributed by atoms with E-state index in [2.05, 4.69) is 0 Å². The van der Waals surface area contributed by atoms with Gasteiger partial charge in [0, 0.05) is 6.07 Å². The van der Waals surface area contributed by atoms with Crippen molar-refractivity contribution in [1.29, 1.82) is 0 Å². The Morgan fingerprint density at radius 3 is 2.37 bits per heavy atom. The Labute approximate surface area is 110 Å². The van der Waals surface area contributed by atoms with Crippen LogP contribution in [0.5, 0.6) is 23.0 Å². The molecule has 100 valence electrons. The highest BCUT2D eigenvalue weighted by Gasteiger charge is 2.13. The summed E-state index contributed by atoms with van der Waals surface area (Å²) in [6, 6.07) is 9.09. The van der Waals surface area contributed by atoms with Crippen molar-refractivity contribution in [3.8, 4) is 23.0 Å². The molecule has 0 aliphatic rings. The van der Waals surface area contributed by atoms with Crippen molar-refractivity contribution >= 4 is 5.69 Å². The van der Waals surface area contributed by atoms with Crippen LogP contribution in [0.2, 0.25) is 0 Å². The van der Waals surface area contributed by atoms with Crippen LogP contribution in [0.1, 0.15) is 0 Å². The van der Waals surface area contributed by atoms with Crippen molar-refractivity contribution < 1.29 is 18.6 Å². The number of benzene rings is 2. The second-order valence-electron chi connectivity index (χ2n) is 3.78. The molecule has 2 aromatic carbocycles. The highest BCUT2D eigenvalue weighted by atomic mass is 19.1. The van der Waals surface area contributed by atoms with E-state index in [4.69, 9.17) is 19.9 Å². The van der Waals surface area contributed by atoms with E-state index in [0.29, 0.717) is 22.9 Å². The lowest BCUT2D eigenvalue weighted by molar-refractivity contribution is 0.336. The minimum Gasteiger partial charge on any atom is -0.493 e. The highest BCUT2D eigenvalue weighted by Crippen LogP contribution is 2.40. The van der Waals surface area contributed by atoms with Gasteiger partial charge in [-0.3, -0.25) is 0 Å². The normalized spacial score (nSPS) is 10.1. The molecule has 19 heavy (non-hydrogen) atoms. The molecule has 0 heterocycles. The number of nitrogen functional groups attached to an aromatic ring is 1. The lowest BCUT2D eigenvalue weighted by atomic mass is 10.2. The summed E-state index contributed by atoms with van der Waals surface area (Å²) < 4.78 is 29.2. The second-order valence-corrected chi connectivity index (χ2v) is 3.78. The molecule has 0 atom stereocenters. The zero-order valence-corrected chi connectivity index (χ0v) is 10.6. The van der Waals surface area contributed by atoms with Crippen molar-refractivity contribution in [2.45, 2.75) is 0 Å². The Morgan fingerprint density at radius 2 is 1.68 bits per heavy atom. The third-order valence-corrected chi connectivity index (χ3v) is 2.56. The van der Waals surface area contributed by atoms with Crippen molar-refractivity contribution in [1.82, 2.24) is 0 Å². The molecule has 2 rings (SSSR count). The minimum atomic E-state index is -0.425. The van der Waals surface area contributed by atoms with E-state index in [9.17, 15) is 4.39 Å². The van der Waals surface area contributed by atoms with E-state index in [-0.39, 0.29) is 5.75 Å². The predicted molar refractivity (Wildman–Crippen MR) is 70.4 cm³/mol. The van der Waals surface area contributed by atoms with Gasteiger partial charge in [0.2, 0.25) is 5.75 Å². The third-order valence-electron chi connectivity index (χ3n) is 2.56. The number of para-hydroxylation sites is 1. The Balaban J connectivity index is 2.40. The summed E-state index contributed by atoms with van der Waals surface area (Å²) in [5.74, 6) is 1.15. The van der Waals surface area contributed by atoms with Gasteiger partial charge in [0.25, 0.3) is 0 Å². The molecule has 0 aliphatic heterocycles. The number of methoxy groups -OCH3 is 2. The average molecular weight is 263 g/mol. The molecule has 0 amide bonds. The summed E-state index contributed by atoms with van der Waals surface area (Å²) >= 11 is 0. The van der Waals surface area contributed by atoms with Crippen molar-refractivity contribution in [3.63, 3.8) is 0 Å². The number of halogens is 1. The molecule has 2 N–H and O–H groups in total. The van der Waals surface area contributed by atoms with Crippen LogP contribution in [0.25, 0.3) is 0 Å². The maximum atomic E-state index is 13.2. The third kappa shape index (κ3) is 2.70. The van der Waals surface area contributed by atoms with Crippen LogP contribution in [0.3, 0.4) is 0 Å². The van der Waals surface area contributed by atoms with Crippen LogP contribution < -0.4 is 19.9 Å². The van der Waals surface area contributed by atoms with E-state index >= 15 is 0 Å². The summed E-state index contributed by atoms with van der Waals surface area (Å²) in [7, 11) is 3.03. The molecule has 0 spiro atoms. The standard InChI is InChI=1S/C14H14FNO3/c1-17-11-4-3-5-12(14(11)18-2)19-13-8-9(15)6-7-10(13)16/h3-8H,16H2,1-2H3. The first-order valence-corrected chi connectivity index (χ1v) is 5.59. The lowest BCUT2D eigenvalue weighted by Crippen LogP contribution is -1.96. The van der Waals surface area contributed by atoms with Crippen LogP contribution in [0.15, 0.2) is 36.4 Å². The van der Waals surface area contributed by atoms with Gasteiger partial charge in [-0.2, -0.15) is 0 Å². The molecule has 0 saturated heterocycles. The molecule has 4 nitrogen and oxygen atoms in total. The maximum absolute atomic E-state index is 13.2. The van der Waals surface area contributed by atoms with Crippen LogP contribution in [-0.4, -0.2) is 14.2 Å². The van der Waals surface area contributed by atoms with Crippen molar-refractivity contribution in [3.05, 3.63) is 42.2 Å². The minimum absolute atomic E-state index is 0.228. The second kappa shape index (κ2) is 5.48. The number of hydrogen-bond donors (Lipinski definition) is 1. The van der Waals surface area contributed by atoms with E-state index in [0.717, 1.165) is 0 Å². The summed E-state index contributed by atoms with van der Waals surface area (Å²) in [6.45, 7) is 0. The van der Waals surface area contributed by atoms with Gasteiger partial charge < -0.3 is 19.9 Å². The summed E-state index contributed by atoms with van der Waals surface area (Å²) in [5, 5.41) is 0. The Kier molecular flexibility index (Phi) is 3.75. The number of hydrogen-bond acceptors (Lipinski definition) is 4. The van der Waals surface area contributed by atoms with Gasteiger partial charge >= 0.3 is 0 Å². The molecule has 0 bridgehead atoms. The monoisotopic (exact) mass is 263 g/mol. The number of anilines is 1. The van der Waals surface area contributed by atoms with Crippen molar-refractivity contribution in [2.24, 2.45) is 0 Å². The molecule has 0 aromatic heterocycles. The molecule has 5 heteroatoms. The van der Waals surface area contributed by atoms with Gasteiger partial charge in [-0.1, -0.05) is 6.07 Å². The zero-order chi connectivity index (χ0) is 13.8. The molecular weight excluding hydrogens is 249 g/mol. The van der Waals surface area contributed by atoms with Gasteiger partial charge in [0.15, 0.2) is 17.2 Å². The van der Waals surface area contributed by atoms with E-state index in [1.54, 1.807) is 18.2 Å². The van der Waals surface area contributed by atoms with E-state index < -0.39 is 5.82 Å². The first-order valence-electron chi connectivity index (χ1n) is 5.59. The quantitative estimate of drug-likeness (QED) is 0.860. The molecule has 0 radical (unpaired) electrons. The average Bonchev–Trinajstić information content (AvgIpc) is 2.42. The summed E-state index contributed by atoms with van der Waals surface area (Å²) in [5.41, 5.74) is 6.07. The summed E-state index contributed by atoms with van der Waals surface area (Å²) in [6.07, 6.45) is 0. The topological polar surface area (TPSA) is 53.7 Å². The fourth-order valence-electron chi connectivity index (χ4n) is 1.65. The van der Waals surface area contributed by atoms with E-state index in [1.165, 1.54) is 32.4 Å². The zero-order valence-electron chi connectivity index (χ0n) is 10.6. The van der Waals surface area contributed by atoms with Crippen LogP contribution in [0.4, 0.5) is 10.1 Å². The van der Waals surface area contributed by atoms with Gasteiger partial charge in [0.1, 0.15) is 5.82 Å². The fourth-order valence-corrected chi connectivity index (χ4v) is 1.65. The first kappa shape index (κ1) is 13.0. The van der Waals surface area contributed by atoms with Crippen LogP contribution in [0, 0.1) is 5.82 Å².